The maximum Gasteiger partial charge on any atom is -0.0357 e. The summed E-state index contributed by atoms with van der Waals surface area (Å²) in [4.78, 5) is 0. The third-order valence-electron chi connectivity index (χ3n) is 4.54. The Labute approximate surface area is 111 Å². The second-order valence-corrected chi connectivity index (χ2v) is 7.70. The van der Waals surface area contributed by atoms with Gasteiger partial charge in [0.25, 0.3) is 0 Å². The fourth-order valence-electron chi connectivity index (χ4n) is 2.69. The molecule has 4 atom stereocenters. The van der Waals surface area contributed by atoms with E-state index >= 15 is 0 Å². The van der Waals surface area contributed by atoms with E-state index in [2.05, 4.69) is 55.4 Å². The molecule has 0 aromatic rings. The highest BCUT2D eigenvalue weighted by molar-refractivity contribution is 4.73. The van der Waals surface area contributed by atoms with Crippen molar-refractivity contribution >= 4 is 0 Å². The summed E-state index contributed by atoms with van der Waals surface area (Å²) < 4.78 is 0. The normalized spacial score (nSPS) is 19.8. The predicted octanol–water partition coefficient (Wildman–Crippen LogP) is 6.16. The van der Waals surface area contributed by atoms with Crippen LogP contribution in [0.1, 0.15) is 81.1 Å². The molecule has 17 heavy (non-hydrogen) atoms. The molecule has 0 heteroatoms. The predicted molar refractivity (Wildman–Crippen MR) is 80.3 cm³/mol. The van der Waals surface area contributed by atoms with Crippen LogP contribution < -0.4 is 0 Å². The molecule has 0 bridgehead atoms. The van der Waals surface area contributed by atoms with Crippen LogP contribution in [0.25, 0.3) is 0 Å². The first-order valence-electron chi connectivity index (χ1n) is 7.66. The highest BCUT2D eigenvalue weighted by Crippen LogP contribution is 2.33. The van der Waals surface area contributed by atoms with Gasteiger partial charge in [-0.3, -0.25) is 0 Å². The summed E-state index contributed by atoms with van der Waals surface area (Å²) in [5, 5.41) is 0. The molecule has 0 aliphatic rings. The molecule has 0 N–H and O–H groups in total. The van der Waals surface area contributed by atoms with Gasteiger partial charge in [0.15, 0.2) is 0 Å². The number of rotatable bonds is 7. The topological polar surface area (TPSA) is 0 Å². The lowest BCUT2D eigenvalue weighted by Crippen LogP contribution is -2.20. The molecule has 0 aromatic carbocycles. The van der Waals surface area contributed by atoms with Crippen LogP contribution in [0.4, 0.5) is 0 Å². The summed E-state index contributed by atoms with van der Waals surface area (Å²) in [6, 6.07) is 0. The SMILES string of the molecule is CCC(C)CC(C)CC(C)CC(C)C(C)(C)C. The Morgan fingerprint density at radius 2 is 1.12 bits per heavy atom. The summed E-state index contributed by atoms with van der Waals surface area (Å²) >= 11 is 0. The van der Waals surface area contributed by atoms with Crippen LogP contribution in [0.2, 0.25) is 0 Å². The van der Waals surface area contributed by atoms with E-state index < -0.39 is 0 Å². The van der Waals surface area contributed by atoms with E-state index in [1.165, 1.54) is 25.7 Å². The minimum absolute atomic E-state index is 0.466. The molecular formula is C17H36. The fourth-order valence-corrected chi connectivity index (χ4v) is 2.69. The summed E-state index contributed by atoms with van der Waals surface area (Å²) in [5.74, 6) is 3.50. The van der Waals surface area contributed by atoms with E-state index in [0.717, 1.165) is 23.7 Å². The number of hydrogen-bond acceptors (Lipinski definition) is 0. The lowest BCUT2D eigenvalue weighted by Gasteiger charge is -2.30. The van der Waals surface area contributed by atoms with Crippen molar-refractivity contribution in [1.29, 1.82) is 0 Å². The highest BCUT2D eigenvalue weighted by atomic mass is 14.3. The minimum Gasteiger partial charge on any atom is -0.0651 e. The molecule has 0 heterocycles. The van der Waals surface area contributed by atoms with E-state index in [1.54, 1.807) is 0 Å². The van der Waals surface area contributed by atoms with E-state index in [1.807, 2.05) is 0 Å². The molecule has 4 unspecified atom stereocenters. The van der Waals surface area contributed by atoms with Crippen LogP contribution in [-0.4, -0.2) is 0 Å². The third kappa shape index (κ3) is 7.84. The average molecular weight is 240 g/mol. The number of hydrogen-bond donors (Lipinski definition) is 0. The Morgan fingerprint density at radius 3 is 1.53 bits per heavy atom. The monoisotopic (exact) mass is 240 g/mol. The van der Waals surface area contributed by atoms with Gasteiger partial charge in [0.1, 0.15) is 0 Å². The Balaban J connectivity index is 3.97. The van der Waals surface area contributed by atoms with Crippen molar-refractivity contribution in [3.63, 3.8) is 0 Å². The van der Waals surface area contributed by atoms with Crippen molar-refractivity contribution in [1.82, 2.24) is 0 Å². The lowest BCUT2D eigenvalue weighted by molar-refractivity contribution is 0.202. The molecule has 0 amide bonds. The van der Waals surface area contributed by atoms with Crippen molar-refractivity contribution in [3.05, 3.63) is 0 Å². The van der Waals surface area contributed by atoms with Gasteiger partial charge in [0.05, 0.1) is 0 Å². The van der Waals surface area contributed by atoms with E-state index in [0.29, 0.717) is 5.41 Å². The van der Waals surface area contributed by atoms with Crippen LogP contribution >= 0.6 is 0 Å². The molecular weight excluding hydrogens is 204 g/mol. The van der Waals surface area contributed by atoms with Gasteiger partial charge in [0.2, 0.25) is 0 Å². The molecule has 0 rings (SSSR count). The van der Waals surface area contributed by atoms with E-state index in [4.69, 9.17) is 0 Å². The van der Waals surface area contributed by atoms with Crippen LogP contribution in [0, 0.1) is 29.1 Å². The first-order chi connectivity index (χ1) is 7.66. The molecule has 0 saturated heterocycles. The van der Waals surface area contributed by atoms with Crippen molar-refractivity contribution in [2.45, 2.75) is 81.1 Å². The molecule has 0 nitrogen and oxygen atoms in total. The fraction of sp³-hybridized carbons (Fsp3) is 1.00. The first-order valence-corrected chi connectivity index (χ1v) is 7.66. The Kier molecular flexibility index (Phi) is 7.44. The van der Waals surface area contributed by atoms with Gasteiger partial charge in [-0.1, -0.05) is 61.8 Å². The zero-order valence-corrected chi connectivity index (χ0v) is 13.6. The largest absolute Gasteiger partial charge is 0.0651 e. The third-order valence-corrected chi connectivity index (χ3v) is 4.54. The van der Waals surface area contributed by atoms with E-state index in [9.17, 15) is 0 Å². The van der Waals surface area contributed by atoms with Crippen molar-refractivity contribution in [3.8, 4) is 0 Å². The van der Waals surface area contributed by atoms with Gasteiger partial charge in [-0.25, -0.2) is 0 Å². The quantitative estimate of drug-likeness (QED) is 0.500. The molecule has 104 valence electrons. The zero-order chi connectivity index (χ0) is 13.6. The highest BCUT2D eigenvalue weighted by Gasteiger charge is 2.22. The second kappa shape index (κ2) is 7.44. The first kappa shape index (κ1) is 17.0. The zero-order valence-electron chi connectivity index (χ0n) is 13.6. The Morgan fingerprint density at radius 1 is 0.706 bits per heavy atom. The lowest BCUT2D eigenvalue weighted by atomic mass is 9.75. The van der Waals surface area contributed by atoms with Crippen LogP contribution in [-0.2, 0) is 0 Å². The van der Waals surface area contributed by atoms with Gasteiger partial charge in [0, 0.05) is 0 Å². The standard InChI is InChI=1S/C17H36/c1-9-13(2)10-14(3)11-15(4)12-16(5)17(6,7)8/h13-16H,9-12H2,1-8H3. The molecule has 0 saturated carbocycles. The minimum atomic E-state index is 0.466. The van der Waals surface area contributed by atoms with Crippen LogP contribution in [0.15, 0.2) is 0 Å². The van der Waals surface area contributed by atoms with Gasteiger partial charge < -0.3 is 0 Å². The van der Waals surface area contributed by atoms with Crippen molar-refractivity contribution < 1.29 is 0 Å². The van der Waals surface area contributed by atoms with Crippen molar-refractivity contribution in [2.75, 3.05) is 0 Å². The molecule has 0 spiro atoms. The Bertz CT molecular complexity index is 187. The Hall–Kier alpha value is 0. The molecule has 0 aromatic heterocycles. The molecule has 0 fully saturated rings. The molecule has 0 aliphatic heterocycles. The maximum atomic E-state index is 2.44. The molecule has 0 aliphatic carbocycles. The van der Waals surface area contributed by atoms with Gasteiger partial charge >= 0.3 is 0 Å². The summed E-state index contributed by atoms with van der Waals surface area (Å²) in [6.45, 7) is 19.1. The maximum absolute atomic E-state index is 2.44. The average Bonchev–Trinajstić information content (AvgIpc) is 2.15. The van der Waals surface area contributed by atoms with Gasteiger partial charge in [-0.15, -0.1) is 0 Å². The van der Waals surface area contributed by atoms with Gasteiger partial charge in [-0.2, -0.15) is 0 Å². The summed E-state index contributed by atoms with van der Waals surface area (Å²) in [6.07, 6.45) is 5.53. The second-order valence-electron chi connectivity index (χ2n) is 7.70. The van der Waals surface area contributed by atoms with E-state index in [-0.39, 0.29) is 0 Å². The van der Waals surface area contributed by atoms with Crippen molar-refractivity contribution in [2.24, 2.45) is 29.1 Å². The van der Waals surface area contributed by atoms with Crippen LogP contribution in [0.5, 0.6) is 0 Å². The summed E-state index contributed by atoms with van der Waals surface area (Å²) in [7, 11) is 0. The molecule has 0 radical (unpaired) electrons. The smallest absolute Gasteiger partial charge is 0.0357 e. The van der Waals surface area contributed by atoms with Gasteiger partial charge in [-0.05, 0) is 48.3 Å². The van der Waals surface area contributed by atoms with Crippen LogP contribution in [0.3, 0.4) is 0 Å². The summed E-state index contributed by atoms with van der Waals surface area (Å²) in [5.41, 5.74) is 0.466.